The lowest BCUT2D eigenvalue weighted by Gasteiger charge is -2.12. The number of hydrogen-bond acceptors (Lipinski definition) is 5. The lowest BCUT2D eigenvalue weighted by molar-refractivity contribution is 1.07. The van der Waals surface area contributed by atoms with Crippen LogP contribution in [-0.4, -0.2) is 15.0 Å². The fourth-order valence-electron chi connectivity index (χ4n) is 6.99. The third-order valence-electron chi connectivity index (χ3n) is 9.36. The van der Waals surface area contributed by atoms with Crippen molar-refractivity contribution < 1.29 is 0 Å². The number of benzene rings is 7. The van der Waals surface area contributed by atoms with Crippen LogP contribution in [0.4, 0.5) is 0 Å². The minimum absolute atomic E-state index is 0.667. The Morgan fingerprint density at radius 3 is 1.50 bits per heavy atom. The van der Waals surface area contributed by atoms with Gasteiger partial charge in [0.25, 0.3) is 0 Å². The molecule has 3 nitrogen and oxygen atoms in total. The molecule has 0 aliphatic carbocycles. The second-order valence-electron chi connectivity index (χ2n) is 12.4. The van der Waals surface area contributed by atoms with E-state index in [9.17, 15) is 0 Å². The van der Waals surface area contributed by atoms with Crippen LogP contribution in [0.25, 0.3) is 96.8 Å². The molecule has 3 aromatic heterocycles. The summed E-state index contributed by atoms with van der Waals surface area (Å²) in [6.45, 7) is 0. The van der Waals surface area contributed by atoms with Crippen molar-refractivity contribution in [3.05, 3.63) is 164 Å². The molecule has 0 amide bonds. The topological polar surface area (TPSA) is 38.7 Å². The van der Waals surface area contributed by atoms with Crippen molar-refractivity contribution >= 4 is 63.0 Å². The zero-order valence-electron chi connectivity index (χ0n) is 26.7. The van der Waals surface area contributed by atoms with E-state index in [4.69, 9.17) is 15.0 Å². The smallest absolute Gasteiger partial charge is 0.164 e. The van der Waals surface area contributed by atoms with E-state index in [1.807, 2.05) is 83.3 Å². The fourth-order valence-corrected chi connectivity index (χ4v) is 9.31. The van der Waals surface area contributed by atoms with E-state index in [1.54, 1.807) is 0 Å². The maximum absolute atomic E-state index is 4.97. The predicted molar refractivity (Wildman–Crippen MR) is 213 cm³/mol. The second-order valence-corrected chi connectivity index (χ2v) is 14.6. The Labute approximate surface area is 296 Å². The van der Waals surface area contributed by atoms with Crippen molar-refractivity contribution in [2.75, 3.05) is 0 Å². The normalized spacial score (nSPS) is 11.6. The number of thiophene rings is 2. The summed E-state index contributed by atoms with van der Waals surface area (Å²) in [4.78, 5) is 14.8. The summed E-state index contributed by atoms with van der Waals surface area (Å²) in [6, 6.07) is 58.0. The van der Waals surface area contributed by atoms with Gasteiger partial charge in [0.2, 0.25) is 0 Å². The van der Waals surface area contributed by atoms with Crippen molar-refractivity contribution in [1.82, 2.24) is 15.0 Å². The molecule has 10 rings (SSSR count). The highest BCUT2D eigenvalue weighted by Gasteiger charge is 2.17. The molecular formula is C45H27N3S2. The van der Waals surface area contributed by atoms with Crippen molar-refractivity contribution in [1.29, 1.82) is 0 Å². The van der Waals surface area contributed by atoms with E-state index in [0.29, 0.717) is 17.5 Å². The van der Waals surface area contributed by atoms with E-state index < -0.39 is 0 Å². The SMILES string of the molecule is c1ccc(-c2nc(-c3ccccc3)nc(-c3ccc4c(c3)sc3cc(-c5ccccc5-c5cccc6sc7ccccc7c56)ccc34)n2)cc1. The number of aromatic nitrogens is 3. The Hall–Kier alpha value is -6.01. The molecule has 7 aromatic carbocycles. The summed E-state index contributed by atoms with van der Waals surface area (Å²) < 4.78 is 5.11. The quantitative estimate of drug-likeness (QED) is 0.182. The fraction of sp³-hybridized carbons (Fsp3) is 0. The standard InChI is InChI=1S/C45H27N3S2/c1-3-12-28(13-4-1)43-46-44(29-14-5-2-6-15-29)48-45(47-43)31-23-25-35-34-24-22-30(26-40(34)50-41(35)27-31)32-16-7-8-17-33(32)36-19-11-21-39-42(36)37-18-9-10-20-38(37)49-39/h1-27H. The summed E-state index contributed by atoms with van der Waals surface area (Å²) >= 11 is 3.68. The van der Waals surface area contributed by atoms with Crippen molar-refractivity contribution in [2.24, 2.45) is 0 Å². The van der Waals surface area contributed by atoms with Crippen molar-refractivity contribution in [3.63, 3.8) is 0 Å². The van der Waals surface area contributed by atoms with Gasteiger partial charge >= 0.3 is 0 Å². The zero-order valence-corrected chi connectivity index (χ0v) is 28.4. The van der Waals surface area contributed by atoms with Crippen molar-refractivity contribution in [2.45, 2.75) is 0 Å². The van der Waals surface area contributed by atoms with Crippen LogP contribution in [0.3, 0.4) is 0 Å². The predicted octanol–water partition coefficient (Wildman–Crippen LogP) is 12.9. The van der Waals surface area contributed by atoms with Gasteiger partial charge < -0.3 is 0 Å². The monoisotopic (exact) mass is 673 g/mol. The largest absolute Gasteiger partial charge is 0.208 e. The highest BCUT2D eigenvalue weighted by molar-refractivity contribution is 7.26. The van der Waals surface area contributed by atoms with Crippen LogP contribution in [0, 0.1) is 0 Å². The van der Waals surface area contributed by atoms with Gasteiger partial charge in [0.1, 0.15) is 0 Å². The molecule has 3 heterocycles. The third kappa shape index (κ3) is 4.90. The number of fused-ring (bicyclic) bond motifs is 6. The molecule has 0 aliphatic heterocycles. The first-order chi connectivity index (χ1) is 24.8. The molecule has 0 spiro atoms. The average molecular weight is 674 g/mol. The lowest BCUT2D eigenvalue weighted by Crippen LogP contribution is -1.99. The Morgan fingerprint density at radius 2 is 0.800 bits per heavy atom. The molecule has 0 saturated heterocycles. The zero-order chi connectivity index (χ0) is 33.0. The van der Waals surface area contributed by atoms with E-state index in [-0.39, 0.29) is 0 Å². The Kier molecular flexibility index (Phi) is 6.86. The molecule has 10 aromatic rings. The highest BCUT2D eigenvalue weighted by Crippen LogP contribution is 2.44. The van der Waals surface area contributed by atoms with Gasteiger partial charge in [-0.3, -0.25) is 0 Å². The lowest BCUT2D eigenvalue weighted by atomic mass is 9.91. The van der Waals surface area contributed by atoms with E-state index >= 15 is 0 Å². The van der Waals surface area contributed by atoms with Gasteiger partial charge in [-0.2, -0.15) is 0 Å². The first-order valence-electron chi connectivity index (χ1n) is 16.6. The minimum Gasteiger partial charge on any atom is -0.208 e. The van der Waals surface area contributed by atoms with Crippen LogP contribution in [-0.2, 0) is 0 Å². The Balaban J connectivity index is 1.09. The van der Waals surface area contributed by atoms with E-state index in [2.05, 4.69) is 103 Å². The van der Waals surface area contributed by atoms with E-state index in [0.717, 1.165) is 16.7 Å². The molecule has 0 bridgehead atoms. The molecule has 5 heteroatoms. The molecule has 0 radical (unpaired) electrons. The number of rotatable bonds is 5. The molecular weight excluding hydrogens is 647 g/mol. The van der Waals surface area contributed by atoms with Gasteiger partial charge in [-0.05, 0) is 46.5 Å². The summed E-state index contributed by atoms with van der Waals surface area (Å²) in [5, 5.41) is 5.15. The van der Waals surface area contributed by atoms with Gasteiger partial charge in [0, 0.05) is 57.0 Å². The summed E-state index contributed by atoms with van der Waals surface area (Å²) in [7, 11) is 0. The van der Waals surface area contributed by atoms with Crippen LogP contribution in [0.2, 0.25) is 0 Å². The van der Waals surface area contributed by atoms with Gasteiger partial charge in [-0.1, -0.05) is 140 Å². The average Bonchev–Trinajstić information content (AvgIpc) is 3.76. The Bertz CT molecular complexity index is 2810. The van der Waals surface area contributed by atoms with Crippen molar-refractivity contribution in [3.8, 4) is 56.4 Å². The van der Waals surface area contributed by atoms with Gasteiger partial charge in [0.05, 0.1) is 0 Å². The van der Waals surface area contributed by atoms with Gasteiger partial charge in [-0.25, -0.2) is 15.0 Å². The molecule has 0 fully saturated rings. The molecule has 0 aliphatic rings. The van der Waals surface area contributed by atoms with Crippen LogP contribution in [0.15, 0.2) is 164 Å². The molecule has 0 saturated carbocycles. The summed E-state index contributed by atoms with van der Waals surface area (Å²) in [5.41, 5.74) is 7.89. The number of hydrogen-bond donors (Lipinski definition) is 0. The molecule has 50 heavy (non-hydrogen) atoms. The number of nitrogens with zero attached hydrogens (tertiary/aromatic N) is 3. The van der Waals surface area contributed by atoms with Gasteiger partial charge in [0.15, 0.2) is 17.5 Å². The van der Waals surface area contributed by atoms with Crippen LogP contribution >= 0.6 is 22.7 Å². The summed E-state index contributed by atoms with van der Waals surface area (Å²) in [5.74, 6) is 2.00. The maximum atomic E-state index is 4.97. The van der Waals surface area contributed by atoms with E-state index in [1.165, 1.54) is 62.6 Å². The third-order valence-corrected chi connectivity index (χ3v) is 11.6. The highest BCUT2D eigenvalue weighted by atomic mass is 32.1. The summed E-state index contributed by atoms with van der Waals surface area (Å²) in [6.07, 6.45) is 0. The molecule has 0 atom stereocenters. The molecule has 0 unspecified atom stereocenters. The minimum atomic E-state index is 0.667. The maximum Gasteiger partial charge on any atom is 0.164 e. The Morgan fingerprint density at radius 1 is 0.300 bits per heavy atom. The first kappa shape index (κ1) is 29.0. The van der Waals surface area contributed by atoms with Crippen LogP contribution in [0.5, 0.6) is 0 Å². The molecule has 234 valence electrons. The van der Waals surface area contributed by atoms with Crippen LogP contribution < -0.4 is 0 Å². The molecule has 0 N–H and O–H groups in total. The first-order valence-corrected chi connectivity index (χ1v) is 18.2. The van der Waals surface area contributed by atoms with Gasteiger partial charge in [-0.15, -0.1) is 22.7 Å². The second kappa shape index (κ2) is 11.8. The van der Waals surface area contributed by atoms with Crippen LogP contribution in [0.1, 0.15) is 0 Å².